The summed E-state index contributed by atoms with van der Waals surface area (Å²) < 4.78 is 5.18. The second-order valence-corrected chi connectivity index (χ2v) is 5.79. The fourth-order valence-electron chi connectivity index (χ4n) is 1.60. The van der Waals surface area contributed by atoms with Gasteiger partial charge in [0.1, 0.15) is 11.9 Å². The minimum atomic E-state index is -0.741. The van der Waals surface area contributed by atoms with Crippen molar-refractivity contribution in [3.8, 4) is 0 Å². The van der Waals surface area contributed by atoms with E-state index in [0.717, 1.165) is 9.75 Å². The van der Waals surface area contributed by atoms with E-state index in [9.17, 15) is 9.90 Å². The summed E-state index contributed by atoms with van der Waals surface area (Å²) in [7, 11) is 0. The maximum absolute atomic E-state index is 11.5. The lowest BCUT2D eigenvalue weighted by Crippen LogP contribution is -2.26. The second-order valence-electron chi connectivity index (χ2n) is 4.59. The van der Waals surface area contributed by atoms with Crippen molar-refractivity contribution in [1.82, 2.24) is 5.32 Å². The summed E-state index contributed by atoms with van der Waals surface area (Å²) in [6.07, 6.45) is 0.796. The third kappa shape index (κ3) is 3.45. The maximum atomic E-state index is 11.5. The first kappa shape index (κ1) is 13.8. The van der Waals surface area contributed by atoms with Gasteiger partial charge in [0.2, 0.25) is 5.91 Å². The summed E-state index contributed by atoms with van der Waals surface area (Å²) in [4.78, 5) is 13.3. The van der Waals surface area contributed by atoms with Crippen LogP contribution in [0.2, 0.25) is 0 Å². The van der Waals surface area contributed by atoms with E-state index in [4.69, 9.17) is 4.42 Å². The quantitative estimate of drug-likeness (QED) is 0.884. The average Bonchev–Trinajstić information content (AvgIpc) is 3.06. The lowest BCUT2D eigenvalue weighted by molar-refractivity contribution is -0.124. The zero-order valence-corrected chi connectivity index (χ0v) is 11.7. The Hall–Kier alpha value is -1.59. The molecule has 1 unspecified atom stereocenters. The SMILES string of the molecule is CC(C)C(=O)NCc1ccc(C(O)c2ccco2)s1. The third-order valence-corrected chi connectivity index (χ3v) is 3.86. The molecule has 19 heavy (non-hydrogen) atoms. The highest BCUT2D eigenvalue weighted by Gasteiger charge is 2.15. The van der Waals surface area contributed by atoms with E-state index in [0.29, 0.717) is 12.3 Å². The molecule has 4 nitrogen and oxygen atoms in total. The fraction of sp³-hybridized carbons (Fsp3) is 0.357. The molecule has 1 atom stereocenters. The normalized spacial score (nSPS) is 12.6. The molecule has 0 radical (unpaired) electrons. The fourth-order valence-corrected chi connectivity index (χ4v) is 2.55. The van der Waals surface area contributed by atoms with E-state index in [1.807, 2.05) is 26.0 Å². The van der Waals surface area contributed by atoms with Gasteiger partial charge in [-0.3, -0.25) is 4.79 Å². The molecule has 5 heteroatoms. The lowest BCUT2D eigenvalue weighted by atomic mass is 10.2. The Balaban J connectivity index is 1.97. The Labute approximate surface area is 116 Å². The van der Waals surface area contributed by atoms with E-state index in [-0.39, 0.29) is 11.8 Å². The number of carbonyl (C=O) groups is 1. The van der Waals surface area contributed by atoms with Gasteiger partial charge in [-0.1, -0.05) is 13.8 Å². The highest BCUT2D eigenvalue weighted by molar-refractivity contribution is 7.12. The van der Waals surface area contributed by atoms with E-state index in [1.165, 1.54) is 17.6 Å². The minimum absolute atomic E-state index is 0.0202. The van der Waals surface area contributed by atoms with Gasteiger partial charge in [0.05, 0.1) is 12.8 Å². The monoisotopic (exact) mass is 279 g/mol. The second kappa shape index (κ2) is 6.04. The van der Waals surface area contributed by atoms with Gasteiger partial charge < -0.3 is 14.8 Å². The first-order chi connectivity index (χ1) is 9.08. The van der Waals surface area contributed by atoms with Crippen molar-refractivity contribution >= 4 is 17.2 Å². The summed E-state index contributed by atoms with van der Waals surface area (Å²) in [5.74, 6) is 0.536. The van der Waals surface area contributed by atoms with Crippen LogP contribution in [0.5, 0.6) is 0 Å². The standard InChI is InChI=1S/C14H17NO3S/c1-9(2)14(17)15-8-10-5-6-12(19-10)13(16)11-4-3-7-18-11/h3-7,9,13,16H,8H2,1-2H3,(H,15,17). The molecule has 0 aromatic carbocycles. The molecule has 0 bridgehead atoms. The topological polar surface area (TPSA) is 62.5 Å². The van der Waals surface area contributed by atoms with Gasteiger partial charge in [-0.05, 0) is 24.3 Å². The lowest BCUT2D eigenvalue weighted by Gasteiger charge is -2.06. The first-order valence-corrected chi connectivity index (χ1v) is 6.97. The molecule has 2 N–H and O–H groups in total. The van der Waals surface area contributed by atoms with Crippen molar-refractivity contribution < 1.29 is 14.3 Å². The van der Waals surface area contributed by atoms with Gasteiger partial charge in [-0.2, -0.15) is 0 Å². The highest BCUT2D eigenvalue weighted by atomic mass is 32.1. The Bertz CT molecular complexity index is 531. The van der Waals surface area contributed by atoms with Crippen LogP contribution in [0.3, 0.4) is 0 Å². The number of rotatable bonds is 5. The van der Waals surface area contributed by atoms with Crippen molar-refractivity contribution in [2.24, 2.45) is 5.92 Å². The number of hydrogen-bond acceptors (Lipinski definition) is 4. The van der Waals surface area contributed by atoms with Crippen LogP contribution >= 0.6 is 11.3 Å². The van der Waals surface area contributed by atoms with E-state index < -0.39 is 6.10 Å². The van der Waals surface area contributed by atoms with Crippen molar-refractivity contribution in [2.75, 3.05) is 0 Å². The maximum Gasteiger partial charge on any atom is 0.222 e. The highest BCUT2D eigenvalue weighted by Crippen LogP contribution is 2.28. The van der Waals surface area contributed by atoms with E-state index in [2.05, 4.69) is 5.32 Å². The molecule has 2 rings (SSSR count). The average molecular weight is 279 g/mol. The Morgan fingerprint density at radius 1 is 1.42 bits per heavy atom. The molecule has 0 aliphatic rings. The zero-order valence-electron chi connectivity index (χ0n) is 10.9. The molecule has 102 valence electrons. The number of aliphatic hydroxyl groups is 1. The van der Waals surface area contributed by atoms with Crippen molar-refractivity contribution in [1.29, 1.82) is 0 Å². The number of hydrogen-bond donors (Lipinski definition) is 2. The van der Waals surface area contributed by atoms with Crippen LogP contribution in [-0.2, 0) is 11.3 Å². The van der Waals surface area contributed by atoms with Crippen molar-refractivity contribution in [3.63, 3.8) is 0 Å². The van der Waals surface area contributed by atoms with E-state index >= 15 is 0 Å². The van der Waals surface area contributed by atoms with Crippen molar-refractivity contribution in [2.45, 2.75) is 26.5 Å². The molecule has 0 saturated carbocycles. The molecule has 2 aromatic heterocycles. The summed E-state index contributed by atoms with van der Waals surface area (Å²) in [6.45, 7) is 4.21. The zero-order chi connectivity index (χ0) is 13.8. The number of aliphatic hydroxyl groups excluding tert-OH is 1. The molecule has 0 saturated heterocycles. The molecular weight excluding hydrogens is 262 g/mol. The molecule has 0 aliphatic heterocycles. The largest absolute Gasteiger partial charge is 0.466 e. The predicted molar refractivity (Wildman–Crippen MR) is 73.8 cm³/mol. The number of furan rings is 1. The summed E-state index contributed by atoms with van der Waals surface area (Å²) in [5, 5.41) is 12.9. The van der Waals surface area contributed by atoms with Crippen LogP contribution < -0.4 is 5.32 Å². The molecule has 1 amide bonds. The van der Waals surface area contributed by atoms with Crippen LogP contribution in [0.4, 0.5) is 0 Å². The molecule has 0 fully saturated rings. The molecule has 2 heterocycles. The Kier molecular flexibility index (Phi) is 4.39. The van der Waals surface area contributed by atoms with Gasteiger partial charge in [0.25, 0.3) is 0 Å². The first-order valence-electron chi connectivity index (χ1n) is 6.15. The molecule has 0 spiro atoms. The third-order valence-electron chi connectivity index (χ3n) is 2.73. The van der Waals surface area contributed by atoms with Gasteiger partial charge in [0, 0.05) is 15.7 Å². The smallest absolute Gasteiger partial charge is 0.222 e. The summed E-state index contributed by atoms with van der Waals surface area (Å²) in [5.41, 5.74) is 0. The molecular formula is C14H17NO3S. The van der Waals surface area contributed by atoms with Crippen LogP contribution in [0.25, 0.3) is 0 Å². The van der Waals surface area contributed by atoms with Crippen LogP contribution in [0.15, 0.2) is 34.9 Å². The van der Waals surface area contributed by atoms with Gasteiger partial charge >= 0.3 is 0 Å². The predicted octanol–water partition coefficient (Wildman–Crippen LogP) is 2.70. The number of carbonyl (C=O) groups excluding carboxylic acids is 1. The minimum Gasteiger partial charge on any atom is -0.466 e. The van der Waals surface area contributed by atoms with Gasteiger partial charge in [-0.25, -0.2) is 0 Å². The van der Waals surface area contributed by atoms with Crippen LogP contribution in [0.1, 0.15) is 35.5 Å². The Morgan fingerprint density at radius 2 is 2.21 bits per heavy atom. The van der Waals surface area contributed by atoms with Gasteiger partial charge in [0.15, 0.2) is 0 Å². The summed E-state index contributed by atoms with van der Waals surface area (Å²) >= 11 is 1.47. The number of amides is 1. The summed E-state index contributed by atoms with van der Waals surface area (Å²) in [6, 6.07) is 7.25. The number of thiophene rings is 1. The van der Waals surface area contributed by atoms with E-state index in [1.54, 1.807) is 12.1 Å². The van der Waals surface area contributed by atoms with Crippen LogP contribution in [0, 0.1) is 5.92 Å². The molecule has 2 aromatic rings. The Morgan fingerprint density at radius 3 is 2.84 bits per heavy atom. The number of nitrogens with one attached hydrogen (secondary N) is 1. The van der Waals surface area contributed by atoms with Crippen molar-refractivity contribution in [3.05, 3.63) is 46.0 Å². The van der Waals surface area contributed by atoms with Gasteiger partial charge in [-0.15, -0.1) is 11.3 Å². The van der Waals surface area contributed by atoms with Crippen LogP contribution in [-0.4, -0.2) is 11.0 Å². The molecule has 0 aliphatic carbocycles.